The molecule has 18 heavy (non-hydrogen) atoms. The van der Waals surface area contributed by atoms with E-state index in [0.29, 0.717) is 4.47 Å². The second-order valence-corrected chi connectivity index (χ2v) is 5.28. The number of carbonyl (C=O) groups is 2. The van der Waals surface area contributed by atoms with E-state index in [-0.39, 0.29) is 23.7 Å². The molecule has 1 unspecified atom stereocenters. The molecule has 0 radical (unpaired) electrons. The zero-order chi connectivity index (χ0) is 13.4. The molecule has 4 nitrogen and oxygen atoms in total. The van der Waals surface area contributed by atoms with Crippen LogP contribution in [0.25, 0.3) is 0 Å². The van der Waals surface area contributed by atoms with Crippen LogP contribution in [0.2, 0.25) is 5.02 Å². The molecule has 1 aromatic rings. The Morgan fingerprint density at radius 1 is 1.56 bits per heavy atom. The number of hydrogen-bond acceptors (Lipinski definition) is 2. The molecular formula is C11H8BrClFNO3. The summed E-state index contributed by atoms with van der Waals surface area (Å²) in [6, 6.07) is 2.64. The molecule has 1 saturated heterocycles. The molecule has 1 atom stereocenters. The summed E-state index contributed by atoms with van der Waals surface area (Å²) in [6.45, 7) is -0.0631. The van der Waals surface area contributed by atoms with Crippen LogP contribution in [0.1, 0.15) is 6.42 Å². The van der Waals surface area contributed by atoms with Crippen molar-refractivity contribution in [2.24, 2.45) is 5.92 Å². The van der Waals surface area contributed by atoms with Crippen LogP contribution in [0.5, 0.6) is 0 Å². The second kappa shape index (κ2) is 4.85. The summed E-state index contributed by atoms with van der Waals surface area (Å²) < 4.78 is 14.3. The predicted octanol–water partition coefficient (Wildman–Crippen LogP) is 2.68. The van der Waals surface area contributed by atoms with Crippen LogP contribution in [-0.2, 0) is 9.59 Å². The van der Waals surface area contributed by atoms with Gasteiger partial charge in [0.25, 0.3) is 0 Å². The number of benzene rings is 1. The average Bonchev–Trinajstić information content (AvgIpc) is 2.59. The fraction of sp³-hybridized carbons (Fsp3) is 0.273. The van der Waals surface area contributed by atoms with E-state index in [1.165, 1.54) is 12.1 Å². The Morgan fingerprint density at radius 2 is 2.22 bits per heavy atom. The van der Waals surface area contributed by atoms with Gasteiger partial charge in [0.15, 0.2) is 0 Å². The first-order valence-electron chi connectivity index (χ1n) is 5.08. The molecule has 0 aromatic heterocycles. The number of hydrogen-bond donors (Lipinski definition) is 1. The Balaban J connectivity index is 2.39. The number of anilines is 1. The van der Waals surface area contributed by atoms with Gasteiger partial charge in [-0.1, -0.05) is 27.5 Å². The largest absolute Gasteiger partial charge is 0.481 e. The fourth-order valence-corrected chi connectivity index (χ4v) is 2.75. The number of carboxylic acids is 1. The van der Waals surface area contributed by atoms with Gasteiger partial charge in [-0.15, -0.1) is 0 Å². The molecular weight excluding hydrogens is 328 g/mol. The smallest absolute Gasteiger partial charge is 0.308 e. The highest BCUT2D eigenvalue weighted by Crippen LogP contribution is 2.35. The van der Waals surface area contributed by atoms with Gasteiger partial charge in [-0.25, -0.2) is 4.39 Å². The van der Waals surface area contributed by atoms with E-state index in [0.717, 1.165) is 4.90 Å². The maximum Gasteiger partial charge on any atom is 0.308 e. The van der Waals surface area contributed by atoms with Gasteiger partial charge in [-0.2, -0.15) is 0 Å². The topological polar surface area (TPSA) is 57.6 Å². The number of nitrogens with zero attached hydrogens (tertiary/aromatic N) is 1. The first-order valence-corrected chi connectivity index (χ1v) is 6.25. The number of carbonyl (C=O) groups excluding carboxylic acids is 1. The van der Waals surface area contributed by atoms with Crippen LogP contribution in [0.15, 0.2) is 16.6 Å². The number of halogens is 3. The molecule has 1 aliphatic heterocycles. The Kier molecular flexibility index (Phi) is 3.59. The Bertz CT molecular complexity index is 514. The van der Waals surface area contributed by atoms with Crippen LogP contribution in [-0.4, -0.2) is 23.5 Å². The van der Waals surface area contributed by atoms with Gasteiger partial charge >= 0.3 is 5.97 Å². The van der Waals surface area contributed by atoms with Crippen molar-refractivity contribution >= 4 is 45.1 Å². The lowest BCUT2D eigenvalue weighted by atomic mass is 10.1. The van der Waals surface area contributed by atoms with Gasteiger partial charge in [0.1, 0.15) is 5.82 Å². The van der Waals surface area contributed by atoms with Gasteiger partial charge < -0.3 is 10.0 Å². The second-order valence-electron chi connectivity index (χ2n) is 3.96. The average molecular weight is 337 g/mol. The monoisotopic (exact) mass is 335 g/mol. The lowest BCUT2D eigenvalue weighted by molar-refractivity contribution is -0.141. The zero-order valence-electron chi connectivity index (χ0n) is 8.99. The summed E-state index contributed by atoms with van der Waals surface area (Å²) in [4.78, 5) is 23.6. The molecule has 0 spiro atoms. The van der Waals surface area contributed by atoms with Crippen molar-refractivity contribution in [3.05, 3.63) is 27.4 Å². The molecule has 1 heterocycles. The van der Waals surface area contributed by atoms with E-state index < -0.39 is 23.6 Å². The van der Waals surface area contributed by atoms with Crippen molar-refractivity contribution < 1.29 is 19.1 Å². The lowest BCUT2D eigenvalue weighted by Crippen LogP contribution is -2.27. The first kappa shape index (κ1) is 13.3. The minimum atomic E-state index is -1.07. The van der Waals surface area contributed by atoms with E-state index in [4.69, 9.17) is 16.7 Å². The van der Waals surface area contributed by atoms with Crippen molar-refractivity contribution in [3.8, 4) is 0 Å². The van der Waals surface area contributed by atoms with E-state index in [9.17, 15) is 14.0 Å². The Labute approximate surface area is 115 Å². The summed E-state index contributed by atoms with van der Waals surface area (Å²) in [6.07, 6.45) is -0.138. The van der Waals surface area contributed by atoms with E-state index in [2.05, 4.69) is 15.9 Å². The predicted molar refractivity (Wildman–Crippen MR) is 67.2 cm³/mol. The molecule has 1 aliphatic rings. The SMILES string of the molecule is O=C(O)C1CC(=O)N(c2c(F)cc(Br)cc2Cl)C1. The summed E-state index contributed by atoms with van der Waals surface area (Å²) >= 11 is 8.98. The highest BCUT2D eigenvalue weighted by atomic mass is 79.9. The summed E-state index contributed by atoms with van der Waals surface area (Å²) in [7, 11) is 0. The molecule has 2 rings (SSSR count). The van der Waals surface area contributed by atoms with Crippen LogP contribution >= 0.6 is 27.5 Å². The third-order valence-corrected chi connectivity index (χ3v) is 3.47. The molecule has 1 N–H and O–H groups in total. The Morgan fingerprint density at radius 3 is 2.72 bits per heavy atom. The maximum atomic E-state index is 13.8. The maximum absolute atomic E-state index is 13.8. The van der Waals surface area contributed by atoms with Gasteiger partial charge in [-0.05, 0) is 12.1 Å². The summed E-state index contributed by atoms with van der Waals surface area (Å²) in [5.74, 6) is -2.99. The highest BCUT2D eigenvalue weighted by molar-refractivity contribution is 9.10. The van der Waals surface area contributed by atoms with Crippen molar-refractivity contribution in [1.29, 1.82) is 0 Å². The van der Waals surface area contributed by atoms with Gasteiger partial charge in [0.05, 0.1) is 16.6 Å². The fourth-order valence-electron chi connectivity index (χ4n) is 1.88. The third kappa shape index (κ3) is 2.35. The third-order valence-electron chi connectivity index (χ3n) is 2.73. The zero-order valence-corrected chi connectivity index (χ0v) is 11.3. The van der Waals surface area contributed by atoms with Crippen molar-refractivity contribution in [2.75, 3.05) is 11.4 Å². The first-order chi connectivity index (χ1) is 8.40. The molecule has 0 bridgehead atoms. The van der Waals surface area contributed by atoms with Crippen LogP contribution < -0.4 is 4.90 Å². The van der Waals surface area contributed by atoms with Gasteiger partial charge in [-0.3, -0.25) is 9.59 Å². The number of rotatable bonds is 2. The van der Waals surface area contributed by atoms with E-state index in [1.807, 2.05) is 0 Å². The van der Waals surface area contributed by atoms with E-state index >= 15 is 0 Å². The molecule has 0 saturated carbocycles. The van der Waals surface area contributed by atoms with Gasteiger partial charge in [0.2, 0.25) is 5.91 Å². The van der Waals surface area contributed by atoms with Crippen LogP contribution in [0, 0.1) is 11.7 Å². The van der Waals surface area contributed by atoms with Crippen LogP contribution in [0.4, 0.5) is 10.1 Å². The minimum absolute atomic E-state index is 0.0615. The quantitative estimate of drug-likeness (QED) is 0.903. The standard InChI is InChI=1S/C11H8BrClFNO3/c12-6-2-7(13)10(8(14)3-6)15-4-5(11(17)18)1-9(15)16/h2-3,5H,1,4H2,(H,17,18). The summed E-state index contributed by atoms with van der Waals surface area (Å²) in [5.41, 5.74) is -0.0615. The van der Waals surface area contributed by atoms with Crippen molar-refractivity contribution in [3.63, 3.8) is 0 Å². The Hall–Kier alpha value is -1.14. The lowest BCUT2D eigenvalue weighted by Gasteiger charge is -2.18. The molecule has 1 aromatic carbocycles. The van der Waals surface area contributed by atoms with Crippen molar-refractivity contribution in [2.45, 2.75) is 6.42 Å². The number of aliphatic carboxylic acids is 1. The highest BCUT2D eigenvalue weighted by Gasteiger charge is 2.37. The molecule has 0 aliphatic carbocycles. The van der Waals surface area contributed by atoms with Crippen molar-refractivity contribution in [1.82, 2.24) is 0 Å². The van der Waals surface area contributed by atoms with E-state index in [1.54, 1.807) is 0 Å². The van der Waals surface area contributed by atoms with Crippen LogP contribution in [0.3, 0.4) is 0 Å². The minimum Gasteiger partial charge on any atom is -0.481 e. The number of amides is 1. The normalized spacial score (nSPS) is 19.4. The summed E-state index contributed by atoms with van der Waals surface area (Å²) in [5, 5.41) is 8.94. The number of carboxylic acid groups (broad SMARTS) is 1. The molecule has 7 heteroatoms. The molecule has 96 valence electrons. The molecule has 1 fully saturated rings. The molecule has 1 amide bonds. The van der Waals surface area contributed by atoms with Gasteiger partial charge in [0, 0.05) is 17.4 Å².